The van der Waals surface area contributed by atoms with Gasteiger partial charge in [0.25, 0.3) is 0 Å². The second-order valence-electron chi connectivity index (χ2n) is 3.71. The van der Waals surface area contributed by atoms with E-state index in [9.17, 15) is 4.79 Å². The average Bonchev–Trinajstić information content (AvgIpc) is 2.21. The first-order valence-electron chi connectivity index (χ1n) is 5.30. The second-order valence-corrected chi connectivity index (χ2v) is 4.11. The molecule has 0 heterocycles. The Morgan fingerprint density at radius 3 is 2.81 bits per heavy atom. The predicted molar refractivity (Wildman–Crippen MR) is 67.6 cm³/mol. The maximum Gasteiger partial charge on any atom is 0.243 e. The molecule has 1 N–H and O–H groups in total. The molecule has 16 heavy (non-hydrogen) atoms. The number of amides is 1. The minimum Gasteiger partial charge on any atom is -0.350 e. The predicted octanol–water partition coefficient (Wildman–Crippen LogP) is 2.96. The standard InChI is InChI=1S/C13H16ClNO/c1-3-6-13(16)15-10(2)9-11-7-4-5-8-12(11)14/h3-8,10H,9H2,1-2H3,(H,15,16). The van der Waals surface area contributed by atoms with E-state index in [1.165, 1.54) is 6.08 Å². The van der Waals surface area contributed by atoms with Crippen molar-refractivity contribution in [2.45, 2.75) is 26.3 Å². The summed E-state index contributed by atoms with van der Waals surface area (Å²) in [6.07, 6.45) is 3.98. The van der Waals surface area contributed by atoms with Crippen LogP contribution in [0, 0.1) is 0 Å². The number of rotatable bonds is 4. The van der Waals surface area contributed by atoms with Crippen LogP contribution in [0.25, 0.3) is 0 Å². The SMILES string of the molecule is CC=CC(=O)NC(C)Cc1ccccc1Cl. The first-order chi connectivity index (χ1) is 7.63. The Labute approximate surface area is 101 Å². The summed E-state index contributed by atoms with van der Waals surface area (Å²) in [5.74, 6) is -0.0675. The van der Waals surface area contributed by atoms with Gasteiger partial charge in [-0.15, -0.1) is 0 Å². The molecule has 0 spiro atoms. The molecule has 1 rings (SSSR count). The van der Waals surface area contributed by atoms with Crippen LogP contribution in [0.2, 0.25) is 5.02 Å². The van der Waals surface area contributed by atoms with Gasteiger partial charge in [0.05, 0.1) is 0 Å². The van der Waals surface area contributed by atoms with Crippen LogP contribution in [0.1, 0.15) is 19.4 Å². The third kappa shape index (κ3) is 4.07. The molecule has 0 saturated heterocycles. The Kier molecular flexibility index (Phi) is 5.06. The molecule has 0 bridgehead atoms. The number of benzene rings is 1. The fourth-order valence-corrected chi connectivity index (χ4v) is 1.70. The van der Waals surface area contributed by atoms with E-state index in [0.717, 1.165) is 17.0 Å². The zero-order chi connectivity index (χ0) is 12.0. The van der Waals surface area contributed by atoms with Crippen molar-refractivity contribution in [2.75, 3.05) is 0 Å². The Bertz CT molecular complexity index is 387. The summed E-state index contributed by atoms with van der Waals surface area (Å²) in [5.41, 5.74) is 1.05. The number of allylic oxidation sites excluding steroid dienone is 1. The largest absolute Gasteiger partial charge is 0.350 e. The topological polar surface area (TPSA) is 29.1 Å². The van der Waals surface area contributed by atoms with E-state index in [-0.39, 0.29) is 11.9 Å². The van der Waals surface area contributed by atoms with Crippen molar-refractivity contribution in [3.63, 3.8) is 0 Å². The van der Waals surface area contributed by atoms with E-state index in [4.69, 9.17) is 11.6 Å². The Hall–Kier alpha value is -1.28. The van der Waals surface area contributed by atoms with Crippen molar-refractivity contribution in [3.8, 4) is 0 Å². The summed E-state index contributed by atoms with van der Waals surface area (Å²) in [7, 11) is 0. The monoisotopic (exact) mass is 237 g/mol. The molecule has 1 aromatic carbocycles. The summed E-state index contributed by atoms with van der Waals surface area (Å²) in [5, 5.41) is 3.62. The fourth-order valence-electron chi connectivity index (χ4n) is 1.49. The zero-order valence-electron chi connectivity index (χ0n) is 9.53. The molecule has 0 aliphatic heterocycles. The lowest BCUT2D eigenvalue weighted by molar-refractivity contribution is -0.117. The molecule has 0 aliphatic carbocycles. The van der Waals surface area contributed by atoms with Gasteiger partial charge in [0, 0.05) is 11.1 Å². The van der Waals surface area contributed by atoms with Crippen molar-refractivity contribution < 1.29 is 4.79 Å². The average molecular weight is 238 g/mol. The highest BCUT2D eigenvalue weighted by atomic mass is 35.5. The van der Waals surface area contributed by atoms with Crippen LogP contribution >= 0.6 is 11.6 Å². The van der Waals surface area contributed by atoms with Crippen LogP contribution < -0.4 is 5.32 Å². The molecule has 1 aromatic rings. The van der Waals surface area contributed by atoms with Crippen LogP contribution in [0.15, 0.2) is 36.4 Å². The van der Waals surface area contributed by atoms with Gasteiger partial charge >= 0.3 is 0 Å². The fraction of sp³-hybridized carbons (Fsp3) is 0.308. The third-order valence-electron chi connectivity index (χ3n) is 2.19. The van der Waals surface area contributed by atoms with Crippen molar-refractivity contribution in [1.82, 2.24) is 5.32 Å². The van der Waals surface area contributed by atoms with Crippen LogP contribution in [-0.2, 0) is 11.2 Å². The van der Waals surface area contributed by atoms with E-state index in [1.807, 2.05) is 38.1 Å². The number of nitrogens with one attached hydrogen (secondary N) is 1. The lowest BCUT2D eigenvalue weighted by Gasteiger charge is -2.13. The van der Waals surface area contributed by atoms with Gasteiger partial charge in [-0.1, -0.05) is 35.9 Å². The highest BCUT2D eigenvalue weighted by molar-refractivity contribution is 6.31. The maximum absolute atomic E-state index is 11.3. The van der Waals surface area contributed by atoms with Gasteiger partial charge in [-0.2, -0.15) is 0 Å². The first-order valence-corrected chi connectivity index (χ1v) is 5.68. The number of halogens is 1. The molecule has 2 nitrogen and oxygen atoms in total. The minimum atomic E-state index is -0.0675. The highest BCUT2D eigenvalue weighted by Crippen LogP contribution is 2.16. The molecule has 1 atom stereocenters. The first kappa shape index (κ1) is 12.8. The number of carbonyl (C=O) groups excluding carboxylic acids is 1. The molecule has 0 aromatic heterocycles. The summed E-state index contributed by atoms with van der Waals surface area (Å²) in [6, 6.07) is 7.75. The van der Waals surface area contributed by atoms with Gasteiger partial charge in [0.15, 0.2) is 0 Å². The lowest BCUT2D eigenvalue weighted by atomic mass is 10.1. The van der Waals surface area contributed by atoms with Crippen LogP contribution in [-0.4, -0.2) is 11.9 Å². The van der Waals surface area contributed by atoms with Crippen LogP contribution in [0.4, 0.5) is 0 Å². The highest BCUT2D eigenvalue weighted by Gasteiger charge is 2.07. The molecular weight excluding hydrogens is 222 g/mol. The van der Waals surface area contributed by atoms with Gasteiger partial charge in [-0.05, 0) is 38.0 Å². The van der Waals surface area contributed by atoms with Gasteiger partial charge in [0.1, 0.15) is 0 Å². The zero-order valence-corrected chi connectivity index (χ0v) is 10.3. The van der Waals surface area contributed by atoms with Gasteiger partial charge in [-0.3, -0.25) is 4.79 Å². The molecule has 0 saturated carbocycles. The Balaban J connectivity index is 2.55. The normalized spacial score (nSPS) is 12.7. The molecule has 0 radical (unpaired) electrons. The third-order valence-corrected chi connectivity index (χ3v) is 2.56. The molecule has 3 heteroatoms. The Morgan fingerprint density at radius 1 is 1.50 bits per heavy atom. The summed E-state index contributed by atoms with van der Waals surface area (Å²) < 4.78 is 0. The smallest absolute Gasteiger partial charge is 0.243 e. The second kappa shape index (κ2) is 6.33. The summed E-state index contributed by atoms with van der Waals surface area (Å²) in [6.45, 7) is 3.78. The van der Waals surface area contributed by atoms with Crippen LogP contribution in [0.5, 0.6) is 0 Å². The van der Waals surface area contributed by atoms with E-state index >= 15 is 0 Å². The lowest BCUT2D eigenvalue weighted by Crippen LogP contribution is -2.32. The molecule has 0 fully saturated rings. The van der Waals surface area contributed by atoms with Crippen molar-refractivity contribution in [3.05, 3.63) is 47.0 Å². The van der Waals surface area contributed by atoms with Crippen molar-refractivity contribution in [2.24, 2.45) is 0 Å². The number of hydrogen-bond donors (Lipinski definition) is 1. The number of hydrogen-bond acceptors (Lipinski definition) is 1. The summed E-state index contributed by atoms with van der Waals surface area (Å²) >= 11 is 6.04. The van der Waals surface area contributed by atoms with E-state index in [2.05, 4.69) is 5.32 Å². The van der Waals surface area contributed by atoms with Gasteiger partial charge in [-0.25, -0.2) is 0 Å². The maximum atomic E-state index is 11.3. The summed E-state index contributed by atoms with van der Waals surface area (Å²) in [4.78, 5) is 11.3. The molecule has 1 unspecified atom stereocenters. The Morgan fingerprint density at radius 2 is 2.19 bits per heavy atom. The molecule has 0 aliphatic rings. The molecular formula is C13H16ClNO. The van der Waals surface area contributed by atoms with E-state index < -0.39 is 0 Å². The molecule has 86 valence electrons. The van der Waals surface area contributed by atoms with E-state index in [0.29, 0.717) is 0 Å². The quantitative estimate of drug-likeness (QED) is 0.802. The molecule has 1 amide bonds. The van der Waals surface area contributed by atoms with Crippen LogP contribution in [0.3, 0.4) is 0 Å². The van der Waals surface area contributed by atoms with Crippen molar-refractivity contribution >= 4 is 17.5 Å². The van der Waals surface area contributed by atoms with Gasteiger partial charge in [0.2, 0.25) is 5.91 Å². The minimum absolute atomic E-state index is 0.0675. The van der Waals surface area contributed by atoms with Gasteiger partial charge < -0.3 is 5.32 Å². The van der Waals surface area contributed by atoms with Crippen molar-refractivity contribution in [1.29, 1.82) is 0 Å². The number of carbonyl (C=O) groups is 1. The van der Waals surface area contributed by atoms with E-state index in [1.54, 1.807) is 6.08 Å².